The Morgan fingerprint density at radius 3 is 2.75 bits per heavy atom. The summed E-state index contributed by atoms with van der Waals surface area (Å²) < 4.78 is 15.5. The van der Waals surface area contributed by atoms with E-state index in [4.69, 9.17) is 5.73 Å². The van der Waals surface area contributed by atoms with Crippen molar-refractivity contribution in [1.82, 2.24) is 9.55 Å². The largest absolute Gasteiger partial charge is 0.396 e. The maximum Gasteiger partial charge on any atom is 0.146 e. The van der Waals surface area contributed by atoms with Gasteiger partial charge in [0.15, 0.2) is 0 Å². The predicted molar refractivity (Wildman–Crippen MR) is 79.8 cm³/mol. The molecule has 0 unspecified atom stereocenters. The van der Waals surface area contributed by atoms with Gasteiger partial charge < -0.3 is 10.3 Å². The standard InChI is InChI=1S/C16H16FN3/c1-2-9-20-15-6-4-3-5-14(15)19-16(20)11-7-8-12(17)13(18)10-11/h3-8,10H,2,9,18H2,1H3. The molecule has 4 heteroatoms. The summed E-state index contributed by atoms with van der Waals surface area (Å²) in [5.41, 5.74) is 8.69. The Hall–Kier alpha value is -2.36. The van der Waals surface area contributed by atoms with Crippen LogP contribution in [-0.4, -0.2) is 9.55 Å². The Bertz CT molecular complexity index is 762. The number of halogens is 1. The lowest BCUT2D eigenvalue weighted by atomic mass is 10.2. The molecule has 0 saturated heterocycles. The molecule has 0 aliphatic carbocycles. The van der Waals surface area contributed by atoms with Gasteiger partial charge in [-0.1, -0.05) is 19.1 Å². The van der Waals surface area contributed by atoms with Crippen molar-refractivity contribution in [3.8, 4) is 11.4 Å². The fourth-order valence-corrected chi connectivity index (χ4v) is 2.43. The van der Waals surface area contributed by atoms with Gasteiger partial charge in [-0.25, -0.2) is 9.37 Å². The summed E-state index contributed by atoms with van der Waals surface area (Å²) in [6, 6.07) is 12.8. The highest BCUT2D eigenvalue weighted by molar-refractivity contribution is 5.81. The van der Waals surface area contributed by atoms with E-state index in [-0.39, 0.29) is 5.69 Å². The number of aryl methyl sites for hydroxylation is 1. The van der Waals surface area contributed by atoms with Crippen LogP contribution in [-0.2, 0) is 6.54 Å². The Morgan fingerprint density at radius 1 is 1.20 bits per heavy atom. The fraction of sp³-hybridized carbons (Fsp3) is 0.188. The molecule has 0 radical (unpaired) electrons. The van der Waals surface area contributed by atoms with Crippen molar-refractivity contribution in [2.75, 3.05) is 5.73 Å². The van der Waals surface area contributed by atoms with E-state index in [2.05, 4.69) is 16.5 Å². The molecule has 102 valence electrons. The molecular weight excluding hydrogens is 253 g/mol. The quantitative estimate of drug-likeness (QED) is 0.734. The number of benzene rings is 2. The van der Waals surface area contributed by atoms with E-state index in [1.54, 1.807) is 12.1 Å². The van der Waals surface area contributed by atoms with Crippen LogP contribution in [0.25, 0.3) is 22.4 Å². The van der Waals surface area contributed by atoms with Crippen LogP contribution in [0.5, 0.6) is 0 Å². The zero-order valence-electron chi connectivity index (χ0n) is 11.3. The van der Waals surface area contributed by atoms with Crippen LogP contribution in [0, 0.1) is 5.82 Å². The minimum Gasteiger partial charge on any atom is -0.396 e. The van der Waals surface area contributed by atoms with Crippen molar-refractivity contribution in [3.63, 3.8) is 0 Å². The number of fused-ring (bicyclic) bond motifs is 1. The number of para-hydroxylation sites is 2. The Balaban J connectivity index is 2.23. The third-order valence-electron chi connectivity index (χ3n) is 3.36. The fourth-order valence-electron chi connectivity index (χ4n) is 2.43. The van der Waals surface area contributed by atoms with E-state index in [0.717, 1.165) is 35.4 Å². The lowest BCUT2D eigenvalue weighted by Gasteiger charge is -2.08. The summed E-state index contributed by atoms with van der Waals surface area (Å²) in [5, 5.41) is 0. The molecule has 3 rings (SSSR count). The normalized spacial score (nSPS) is 11.1. The summed E-state index contributed by atoms with van der Waals surface area (Å²) in [4.78, 5) is 4.66. The molecule has 2 N–H and O–H groups in total. The number of nitrogens with two attached hydrogens (primary N) is 1. The van der Waals surface area contributed by atoms with Gasteiger partial charge in [0.25, 0.3) is 0 Å². The Morgan fingerprint density at radius 2 is 2.00 bits per heavy atom. The molecule has 0 fully saturated rings. The van der Waals surface area contributed by atoms with Gasteiger partial charge in [0, 0.05) is 12.1 Å². The molecular formula is C16H16FN3. The lowest BCUT2D eigenvalue weighted by Crippen LogP contribution is -2.00. The topological polar surface area (TPSA) is 43.8 Å². The maximum absolute atomic E-state index is 13.3. The lowest BCUT2D eigenvalue weighted by molar-refractivity contribution is 0.632. The second kappa shape index (κ2) is 4.96. The minimum atomic E-state index is -0.396. The van der Waals surface area contributed by atoms with Gasteiger partial charge in [0.1, 0.15) is 11.6 Å². The third-order valence-corrected chi connectivity index (χ3v) is 3.36. The van der Waals surface area contributed by atoms with Crippen molar-refractivity contribution in [2.24, 2.45) is 0 Å². The van der Waals surface area contributed by atoms with Gasteiger partial charge >= 0.3 is 0 Å². The van der Waals surface area contributed by atoms with Crippen LogP contribution in [0.4, 0.5) is 10.1 Å². The molecule has 1 heterocycles. The molecule has 0 aliphatic rings. The van der Waals surface area contributed by atoms with Gasteiger partial charge in [-0.2, -0.15) is 0 Å². The SMILES string of the molecule is CCCn1c(-c2ccc(F)c(N)c2)nc2ccccc21. The Labute approximate surface area is 116 Å². The van der Waals surface area contributed by atoms with Crippen LogP contribution in [0.15, 0.2) is 42.5 Å². The number of hydrogen-bond acceptors (Lipinski definition) is 2. The molecule has 0 aliphatic heterocycles. The first kappa shape index (κ1) is 12.7. The van der Waals surface area contributed by atoms with Crippen molar-refractivity contribution in [2.45, 2.75) is 19.9 Å². The van der Waals surface area contributed by atoms with Crippen LogP contribution in [0.1, 0.15) is 13.3 Å². The van der Waals surface area contributed by atoms with Crippen LogP contribution in [0.2, 0.25) is 0 Å². The molecule has 0 spiro atoms. The number of nitrogens with zero attached hydrogens (tertiary/aromatic N) is 2. The monoisotopic (exact) mass is 269 g/mol. The first-order valence-electron chi connectivity index (χ1n) is 6.71. The number of aromatic nitrogens is 2. The van der Waals surface area contributed by atoms with Crippen LogP contribution >= 0.6 is 0 Å². The summed E-state index contributed by atoms with van der Waals surface area (Å²) in [7, 11) is 0. The van der Waals surface area contributed by atoms with Crippen molar-refractivity contribution < 1.29 is 4.39 Å². The molecule has 0 atom stereocenters. The summed E-state index contributed by atoms with van der Waals surface area (Å²) in [6.45, 7) is 2.99. The molecule has 3 aromatic rings. The van der Waals surface area contributed by atoms with E-state index in [1.165, 1.54) is 6.07 Å². The summed E-state index contributed by atoms with van der Waals surface area (Å²) in [6.07, 6.45) is 1.00. The maximum atomic E-state index is 13.3. The smallest absolute Gasteiger partial charge is 0.146 e. The van der Waals surface area contributed by atoms with Crippen LogP contribution < -0.4 is 5.73 Å². The number of rotatable bonds is 3. The third kappa shape index (κ3) is 2.03. The predicted octanol–water partition coefficient (Wildman–Crippen LogP) is 3.83. The van der Waals surface area contributed by atoms with Crippen molar-refractivity contribution in [1.29, 1.82) is 0 Å². The number of nitrogen functional groups attached to an aromatic ring is 1. The highest BCUT2D eigenvalue weighted by atomic mass is 19.1. The highest BCUT2D eigenvalue weighted by Gasteiger charge is 2.12. The second-order valence-corrected chi connectivity index (χ2v) is 4.81. The van der Waals surface area contributed by atoms with Crippen molar-refractivity contribution >= 4 is 16.7 Å². The average molecular weight is 269 g/mol. The number of anilines is 1. The minimum absolute atomic E-state index is 0.151. The van der Waals surface area contributed by atoms with Gasteiger partial charge in [0.2, 0.25) is 0 Å². The van der Waals surface area contributed by atoms with E-state index < -0.39 is 5.82 Å². The molecule has 1 aromatic heterocycles. The number of imidazole rings is 1. The van der Waals surface area contributed by atoms with E-state index in [1.807, 2.05) is 24.3 Å². The van der Waals surface area contributed by atoms with Crippen LogP contribution in [0.3, 0.4) is 0 Å². The summed E-state index contributed by atoms with van der Waals surface area (Å²) in [5.74, 6) is 0.437. The first-order chi connectivity index (χ1) is 9.70. The van der Waals surface area contributed by atoms with E-state index in [9.17, 15) is 4.39 Å². The molecule has 0 saturated carbocycles. The van der Waals surface area contributed by atoms with Crippen molar-refractivity contribution in [3.05, 3.63) is 48.3 Å². The molecule has 3 nitrogen and oxygen atoms in total. The average Bonchev–Trinajstić information content (AvgIpc) is 2.82. The second-order valence-electron chi connectivity index (χ2n) is 4.81. The van der Waals surface area contributed by atoms with E-state index in [0.29, 0.717) is 0 Å². The zero-order valence-corrected chi connectivity index (χ0v) is 11.3. The highest BCUT2D eigenvalue weighted by Crippen LogP contribution is 2.27. The van der Waals surface area contributed by atoms with Gasteiger partial charge in [-0.05, 0) is 36.8 Å². The number of hydrogen-bond donors (Lipinski definition) is 1. The molecule has 0 amide bonds. The zero-order chi connectivity index (χ0) is 14.1. The molecule has 20 heavy (non-hydrogen) atoms. The van der Waals surface area contributed by atoms with E-state index >= 15 is 0 Å². The first-order valence-corrected chi connectivity index (χ1v) is 6.71. The van der Waals surface area contributed by atoms with Gasteiger partial charge in [0.05, 0.1) is 16.7 Å². The Kier molecular flexibility index (Phi) is 3.14. The molecule has 0 bridgehead atoms. The van der Waals surface area contributed by atoms with Gasteiger partial charge in [-0.15, -0.1) is 0 Å². The molecule has 2 aromatic carbocycles. The summed E-state index contributed by atoms with van der Waals surface area (Å²) >= 11 is 0. The van der Waals surface area contributed by atoms with Gasteiger partial charge in [-0.3, -0.25) is 0 Å².